The van der Waals surface area contributed by atoms with Crippen molar-refractivity contribution in [1.82, 2.24) is 9.97 Å². The fourth-order valence-electron chi connectivity index (χ4n) is 1.72. The van der Waals surface area contributed by atoms with Gasteiger partial charge < -0.3 is 11.1 Å². The molecule has 19 heavy (non-hydrogen) atoms. The first-order valence-electron chi connectivity index (χ1n) is 5.59. The largest absolute Gasteiger partial charge is 0.388 e. The van der Waals surface area contributed by atoms with Crippen LogP contribution in [0.2, 0.25) is 0 Å². The molecule has 3 rings (SSSR count). The monoisotopic (exact) mass is 286 g/mol. The van der Waals surface area contributed by atoms with Crippen LogP contribution in [0.1, 0.15) is 5.69 Å². The van der Waals surface area contributed by atoms with E-state index in [2.05, 4.69) is 15.3 Å². The van der Waals surface area contributed by atoms with E-state index in [0.29, 0.717) is 16.5 Å². The number of anilines is 2. The molecule has 0 aliphatic carbocycles. The quantitative estimate of drug-likeness (QED) is 0.724. The summed E-state index contributed by atoms with van der Waals surface area (Å²) < 4.78 is 1.13. The summed E-state index contributed by atoms with van der Waals surface area (Å²) in [5.74, 6) is 0.717. The lowest BCUT2D eigenvalue weighted by molar-refractivity contribution is 1.28. The smallest absolute Gasteiger partial charge is 0.131 e. The number of benzene rings is 1. The molecular weight excluding hydrogens is 276 g/mol. The third-order valence-electron chi connectivity index (χ3n) is 2.61. The van der Waals surface area contributed by atoms with Crippen LogP contribution < -0.4 is 11.1 Å². The minimum absolute atomic E-state index is 0.293. The molecule has 4 nitrogen and oxygen atoms in total. The van der Waals surface area contributed by atoms with E-state index in [1.807, 2.05) is 35.8 Å². The molecule has 0 aliphatic rings. The van der Waals surface area contributed by atoms with E-state index >= 15 is 0 Å². The van der Waals surface area contributed by atoms with Crippen molar-refractivity contribution in [1.29, 1.82) is 0 Å². The molecule has 6 heteroatoms. The lowest BCUT2D eigenvalue weighted by Crippen LogP contribution is -2.12. The van der Waals surface area contributed by atoms with Crippen LogP contribution in [0.25, 0.3) is 10.2 Å². The van der Waals surface area contributed by atoms with Crippen molar-refractivity contribution >= 4 is 50.3 Å². The van der Waals surface area contributed by atoms with Gasteiger partial charge >= 0.3 is 0 Å². The highest BCUT2D eigenvalue weighted by molar-refractivity contribution is 7.80. The average molecular weight is 286 g/mol. The molecule has 0 saturated carbocycles. The molecule has 0 atom stereocenters. The predicted molar refractivity (Wildman–Crippen MR) is 83.0 cm³/mol. The van der Waals surface area contributed by atoms with Gasteiger partial charge in [-0.05, 0) is 30.3 Å². The van der Waals surface area contributed by atoms with Crippen molar-refractivity contribution in [3.05, 3.63) is 47.6 Å². The first-order chi connectivity index (χ1) is 9.22. The first kappa shape index (κ1) is 12.0. The van der Waals surface area contributed by atoms with Gasteiger partial charge in [-0.25, -0.2) is 9.97 Å². The molecule has 0 aliphatic heterocycles. The first-order valence-corrected chi connectivity index (χ1v) is 6.88. The average Bonchev–Trinajstić information content (AvgIpc) is 2.86. The Hall–Kier alpha value is -2.05. The summed E-state index contributed by atoms with van der Waals surface area (Å²) >= 11 is 6.53. The van der Waals surface area contributed by atoms with Crippen molar-refractivity contribution in [2.75, 3.05) is 5.32 Å². The minimum Gasteiger partial charge on any atom is -0.388 e. The van der Waals surface area contributed by atoms with Crippen molar-refractivity contribution in [2.24, 2.45) is 5.73 Å². The van der Waals surface area contributed by atoms with E-state index in [0.717, 1.165) is 15.9 Å². The Labute approximate surface area is 119 Å². The second-order valence-corrected chi connectivity index (χ2v) is 5.26. The summed E-state index contributed by atoms with van der Waals surface area (Å²) in [6, 6.07) is 11.5. The Morgan fingerprint density at radius 1 is 1.26 bits per heavy atom. The Morgan fingerprint density at radius 2 is 2.16 bits per heavy atom. The van der Waals surface area contributed by atoms with Gasteiger partial charge in [0.05, 0.1) is 21.4 Å². The Bertz CT molecular complexity index is 751. The summed E-state index contributed by atoms with van der Waals surface area (Å²) in [4.78, 5) is 8.88. The Balaban J connectivity index is 1.91. The van der Waals surface area contributed by atoms with Gasteiger partial charge in [0, 0.05) is 5.69 Å². The van der Waals surface area contributed by atoms with Crippen LogP contribution in [0.5, 0.6) is 0 Å². The molecule has 3 aromatic rings. The summed E-state index contributed by atoms with van der Waals surface area (Å²) in [6.45, 7) is 0. The number of thiazole rings is 1. The summed E-state index contributed by atoms with van der Waals surface area (Å²) in [5.41, 5.74) is 9.98. The zero-order valence-electron chi connectivity index (χ0n) is 9.83. The molecule has 1 aromatic carbocycles. The van der Waals surface area contributed by atoms with E-state index in [1.165, 1.54) is 0 Å². The molecule has 0 spiro atoms. The maximum atomic E-state index is 5.57. The lowest BCUT2D eigenvalue weighted by atomic mass is 10.3. The molecule has 0 amide bonds. The van der Waals surface area contributed by atoms with Crippen LogP contribution in [0.15, 0.2) is 41.9 Å². The van der Waals surface area contributed by atoms with Gasteiger partial charge in [-0.2, -0.15) is 0 Å². The topological polar surface area (TPSA) is 63.8 Å². The summed E-state index contributed by atoms with van der Waals surface area (Å²) in [5, 5.41) is 3.23. The molecule has 0 radical (unpaired) electrons. The van der Waals surface area contributed by atoms with Gasteiger partial charge in [0.2, 0.25) is 0 Å². The number of rotatable bonds is 3. The standard InChI is InChI=1S/C13H10N4S2/c14-13(18)10-2-1-3-12(17-10)16-8-4-5-9-11(6-8)19-7-15-9/h1-7H,(H2,14,18)(H,16,17). The maximum absolute atomic E-state index is 5.57. The van der Waals surface area contributed by atoms with Crippen LogP contribution in [0.3, 0.4) is 0 Å². The summed E-state index contributed by atoms with van der Waals surface area (Å²) in [7, 11) is 0. The van der Waals surface area contributed by atoms with Crippen molar-refractivity contribution in [3.8, 4) is 0 Å². The van der Waals surface area contributed by atoms with Crippen LogP contribution in [0.4, 0.5) is 11.5 Å². The molecule has 2 aromatic heterocycles. The van der Waals surface area contributed by atoms with Gasteiger partial charge in [-0.3, -0.25) is 0 Å². The molecule has 94 valence electrons. The van der Waals surface area contributed by atoms with E-state index in [-0.39, 0.29) is 0 Å². The van der Waals surface area contributed by atoms with Gasteiger partial charge in [0.25, 0.3) is 0 Å². The van der Waals surface area contributed by atoms with Gasteiger partial charge in [-0.15, -0.1) is 11.3 Å². The fourth-order valence-corrected chi connectivity index (χ4v) is 2.55. The fraction of sp³-hybridized carbons (Fsp3) is 0. The third kappa shape index (κ3) is 2.54. The molecule has 0 bridgehead atoms. The third-order valence-corrected chi connectivity index (χ3v) is 3.61. The van der Waals surface area contributed by atoms with Crippen LogP contribution in [-0.4, -0.2) is 15.0 Å². The Morgan fingerprint density at radius 3 is 3.00 bits per heavy atom. The van der Waals surface area contributed by atoms with Crippen LogP contribution in [0, 0.1) is 0 Å². The highest BCUT2D eigenvalue weighted by Gasteiger charge is 2.02. The molecule has 0 fully saturated rings. The maximum Gasteiger partial charge on any atom is 0.131 e. The number of aromatic nitrogens is 2. The van der Waals surface area contributed by atoms with Crippen LogP contribution >= 0.6 is 23.6 Å². The number of pyridine rings is 1. The second-order valence-electron chi connectivity index (χ2n) is 3.93. The SMILES string of the molecule is NC(=S)c1cccc(Nc2ccc3ncsc3c2)n1. The van der Waals surface area contributed by atoms with Crippen LogP contribution in [-0.2, 0) is 0 Å². The zero-order chi connectivity index (χ0) is 13.2. The summed E-state index contributed by atoms with van der Waals surface area (Å²) in [6.07, 6.45) is 0. The number of hydrogen-bond donors (Lipinski definition) is 2. The molecule has 0 saturated heterocycles. The number of nitrogens with zero attached hydrogens (tertiary/aromatic N) is 2. The van der Waals surface area contributed by atoms with E-state index in [9.17, 15) is 0 Å². The normalized spacial score (nSPS) is 10.5. The lowest BCUT2D eigenvalue weighted by Gasteiger charge is -2.06. The molecule has 0 unspecified atom stereocenters. The number of nitrogens with one attached hydrogen (secondary N) is 1. The minimum atomic E-state index is 0.293. The van der Waals surface area contributed by atoms with E-state index < -0.39 is 0 Å². The zero-order valence-corrected chi connectivity index (χ0v) is 11.5. The van der Waals surface area contributed by atoms with E-state index in [4.69, 9.17) is 18.0 Å². The second kappa shape index (κ2) is 4.91. The van der Waals surface area contributed by atoms with Crippen molar-refractivity contribution in [2.45, 2.75) is 0 Å². The van der Waals surface area contributed by atoms with E-state index in [1.54, 1.807) is 17.4 Å². The highest BCUT2D eigenvalue weighted by atomic mass is 32.1. The number of fused-ring (bicyclic) bond motifs is 1. The van der Waals surface area contributed by atoms with Gasteiger partial charge in [-0.1, -0.05) is 18.3 Å². The number of nitrogens with two attached hydrogens (primary N) is 1. The number of hydrogen-bond acceptors (Lipinski definition) is 5. The molecule has 2 heterocycles. The van der Waals surface area contributed by atoms with Crippen molar-refractivity contribution < 1.29 is 0 Å². The molecular formula is C13H10N4S2. The predicted octanol–water partition coefficient (Wildman–Crippen LogP) is 3.07. The van der Waals surface area contributed by atoms with Gasteiger partial charge in [0.15, 0.2) is 0 Å². The Kier molecular flexibility index (Phi) is 3.10. The highest BCUT2D eigenvalue weighted by Crippen LogP contribution is 2.23. The van der Waals surface area contributed by atoms with Gasteiger partial charge in [0.1, 0.15) is 10.8 Å². The van der Waals surface area contributed by atoms with Crippen molar-refractivity contribution in [3.63, 3.8) is 0 Å². The number of thiocarbonyl (C=S) groups is 1. The molecule has 3 N–H and O–H groups in total.